The van der Waals surface area contributed by atoms with Crippen molar-refractivity contribution in [1.29, 1.82) is 5.41 Å². The van der Waals surface area contributed by atoms with E-state index in [1.165, 1.54) is 6.92 Å². The summed E-state index contributed by atoms with van der Waals surface area (Å²) in [4.78, 5) is 0. The van der Waals surface area contributed by atoms with E-state index in [2.05, 4.69) is 5.73 Å². The Balaban J connectivity index is 3.26. The van der Waals surface area contributed by atoms with Crippen molar-refractivity contribution in [3.8, 4) is 0 Å². The molecular weight excluding hydrogens is 83.0 g/mol. The van der Waals surface area contributed by atoms with Crippen molar-refractivity contribution in [3.63, 3.8) is 0 Å². The first-order valence-corrected chi connectivity index (χ1v) is 1.62. The van der Waals surface area contributed by atoms with Gasteiger partial charge in [-0.1, -0.05) is 0 Å². The molecule has 0 bridgehead atoms. The number of rotatable bonds is 1. The summed E-state index contributed by atoms with van der Waals surface area (Å²) in [6.07, 6.45) is -1.29. The van der Waals surface area contributed by atoms with E-state index in [0.29, 0.717) is 0 Å². The molecule has 1 atom stereocenters. The molecule has 0 aromatic heterocycles. The van der Waals surface area contributed by atoms with Gasteiger partial charge >= 0.3 is 0 Å². The second kappa shape index (κ2) is 1.74. The normalized spacial score (nSPS) is 13.7. The smallest absolute Gasteiger partial charge is 0.154 e. The van der Waals surface area contributed by atoms with Crippen LogP contribution in [0.3, 0.4) is 0 Å². The molecule has 3 N–H and O–H groups in total. The van der Waals surface area contributed by atoms with E-state index in [1.807, 2.05) is 0 Å². The van der Waals surface area contributed by atoms with E-state index in [1.54, 1.807) is 0 Å². The molecule has 0 unspecified atom stereocenters. The molecule has 0 fully saturated rings. The van der Waals surface area contributed by atoms with Gasteiger partial charge < -0.3 is 5.73 Å². The summed E-state index contributed by atoms with van der Waals surface area (Å²) in [6, 6.07) is 0. The lowest BCUT2D eigenvalue weighted by Gasteiger charge is -1.91. The molecule has 2 nitrogen and oxygen atoms in total. The van der Waals surface area contributed by atoms with Crippen LogP contribution in [-0.4, -0.2) is 12.0 Å². The van der Waals surface area contributed by atoms with Crippen molar-refractivity contribution in [1.82, 2.24) is 0 Å². The van der Waals surface area contributed by atoms with Gasteiger partial charge in [0.1, 0.15) is 5.84 Å². The van der Waals surface area contributed by atoms with Gasteiger partial charge in [0.05, 0.1) is 0 Å². The van der Waals surface area contributed by atoms with Crippen molar-refractivity contribution in [3.05, 3.63) is 0 Å². The molecule has 0 saturated heterocycles. The molecule has 0 spiro atoms. The van der Waals surface area contributed by atoms with Crippen LogP contribution >= 0.6 is 0 Å². The van der Waals surface area contributed by atoms with Crippen molar-refractivity contribution >= 4 is 5.84 Å². The Morgan fingerprint density at radius 2 is 2.17 bits per heavy atom. The number of amidine groups is 1. The van der Waals surface area contributed by atoms with Crippen molar-refractivity contribution in [2.75, 3.05) is 0 Å². The Labute approximate surface area is 35.7 Å². The Bertz CT molecular complexity index is 59.8. The summed E-state index contributed by atoms with van der Waals surface area (Å²) in [6.45, 7) is 1.22. The SMILES string of the molecule is C[C@H](F)C(=N)N. The van der Waals surface area contributed by atoms with Crippen LogP contribution in [-0.2, 0) is 0 Å². The minimum Gasteiger partial charge on any atom is -0.385 e. The molecule has 36 valence electrons. The zero-order chi connectivity index (χ0) is 5.15. The average molecular weight is 90.1 g/mol. The highest BCUT2D eigenvalue weighted by Crippen LogP contribution is 1.81. The molecule has 6 heavy (non-hydrogen) atoms. The maximum absolute atomic E-state index is 11.5. The molecule has 0 amide bonds. The lowest BCUT2D eigenvalue weighted by molar-refractivity contribution is 0.450. The van der Waals surface area contributed by atoms with Crippen molar-refractivity contribution < 1.29 is 4.39 Å². The van der Waals surface area contributed by atoms with Crippen LogP contribution in [0.15, 0.2) is 0 Å². The number of hydrogen-bond acceptors (Lipinski definition) is 1. The van der Waals surface area contributed by atoms with E-state index < -0.39 is 12.0 Å². The maximum Gasteiger partial charge on any atom is 0.154 e. The highest BCUT2D eigenvalue weighted by molar-refractivity contribution is 5.80. The van der Waals surface area contributed by atoms with Gasteiger partial charge in [0, 0.05) is 0 Å². The summed E-state index contributed by atoms with van der Waals surface area (Å²) in [7, 11) is 0. The van der Waals surface area contributed by atoms with Crippen LogP contribution in [0.2, 0.25) is 0 Å². The van der Waals surface area contributed by atoms with Gasteiger partial charge in [-0.15, -0.1) is 0 Å². The summed E-state index contributed by atoms with van der Waals surface area (Å²) in [5.74, 6) is -0.407. The zero-order valence-corrected chi connectivity index (χ0v) is 3.53. The third-order valence-corrected chi connectivity index (χ3v) is 0.429. The molecule has 0 aliphatic heterocycles. The summed E-state index contributed by atoms with van der Waals surface area (Å²) < 4.78 is 11.5. The monoisotopic (exact) mass is 90.1 g/mol. The van der Waals surface area contributed by atoms with Gasteiger partial charge in [-0.2, -0.15) is 0 Å². The van der Waals surface area contributed by atoms with E-state index in [4.69, 9.17) is 5.41 Å². The first kappa shape index (κ1) is 5.40. The third-order valence-electron chi connectivity index (χ3n) is 0.429. The van der Waals surface area contributed by atoms with Crippen LogP contribution in [0, 0.1) is 5.41 Å². The predicted octanol–water partition coefficient (Wildman–Crippen LogP) is 0.280. The fourth-order valence-corrected chi connectivity index (χ4v) is 0. The molecule has 0 aromatic carbocycles. The first-order chi connectivity index (χ1) is 2.64. The van der Waals surface area contributed by atoms with Gasteiger partial charge in [0.15, 0.2) is 6.17 Å². The van der Waals surface area contributed by atoms with E-state index >= 15 is 0 Å². The second-order valence-corrected chi connectivity index (χ2v) is 1.07. The van der Waals surface area contributed by atoms with Crippen LogP contribution in [0.25, 0.3) is 0 Å². The molecular formula is C3H7FN2. The average Bonchev–Trinajstić information content (AvgIpc) is 1.36. The highest BCUT2D eigenvalue weighted by atomic mass is 19.1. The summed E-state index contributed by atoms with van der Waals surface area (Å²) in [5, 5.41) is 6.35. The lowest BCUT2D eigenvalue weighted by Crippen LogP contribution is -2.19. The van der Waals surface area contributed by atoms with E-state index in [-0.39, 0.29) is 0 Å². The van der Waals surface area contributed by atoms with Crippen LogP contribution in [0.1, 0.15) is 6.92 Å². The maximum atomic E-state index is 11.5. The fourth-order valence-electron chi connectivity index (χ4n) is 0. The number of hydrogen-bond donors (Lipinski definition) is 2. The molecule has 0 rings (SSSR count). The largest absolute Gasteiger partial charge is 0.385 e. The second-order valence-electron chi connectivity index (χ2n) is 1.07. The van der Waals surface area contributed by atoms with Crippen LogP contribution in [0.4, 0.5) is 4.39 Å². The third kappa shape index (κ3) is 1.69. The van der Waals surface area contributed by atoms with Gasteiger partial charge in [0.2, 0.25) is 0 Å². The number of nitrogens with one attached hydrogen (secondary N) is 1. The molecule has 0 aliphatic rings. The Morgan fingerprint density at radius 1 is 2.00 bits per heavy atom. The van der Waals surface area contributed by atoms with Gasteiger partial charge in [-0.3, -0.25) is 5.41 Å². The molecule has 0 saturated carbocycles. The quantitative estimate of drug-likeness (QED) is 0.352. The van der Waals surface area contributed by atoms with Crippen molar-refractivity contribution in [2.45, 2.75) is 13.1 Å². The van der Waals surface area contributed by atoms with Gasteiger partial charge in [-0.25, -0.2) is 4.39 Å². The topological polar surface area (TPSA) is 49.9 Å². The van der Waals surface area contributed by atoms with E-state index in [9.17, 15) is 4.39 Å². The zero-order valence-electron chi connectivity index (χ0n) is 3.53. The van der Waals surface area contributed by atoms with Crippen molar-refractivity contribution in [2.24, 2.45) is 5.73 Å². The standard InChI is InChI=1S/C3H7FN2/c1-2(4)3(5)6/h2H,1H3,(H3,5,6)/t2-/m0/s1. The van der Waals surface area contributed by atoms with E-state index in [0.717, 1.165) is 0 Å². The minimum atomic E-state index is -1.29. The molecule has 0 radical (unpaired) electrons. The molecule has 0 aliphatic carbocycles. The first-order valence-electron chi connectivity index (χ1n) is 1.62. The molecule has 0 heterocycles. The summed E-state index contributed by atoms with van der Waals surface area (Å²) in [5.41, 5.74) is 4.64. The molecule has 0 aromatic rings. The Kier molecular flexibility index (Phi) is 1.57. The Hall–Kier alpha value is -0.600. The number of alkyl halides is 1. The fraction of sp³-hybridized carbons (Fsp3) is 0.667. The molecule has 3 heteroatoms. The van der Waals surface area contributed by atoms with Gasteiger partial charge in [-0.05, 0) is 6.92 Å². The highest BCUT2D eigenvalue weighted by Gasteiger charge is 1.96. The van der Waals surface area contributed by atoms with Crippen LogP contribution in [0.5, 0.6) is 0 Å². The lowest BCUT2D eigenvalue weighted by atomic mass is 10.4. The Morgan fingerprint density at radius 3 is 2.17 bits per heavy atom. The number of halogens is 1. The number of nitrogens with two attached hydrogens (primary N) is 1. The predicted molar refractivity (Wildman–Crippen MR) is 22.5 cm³/mol. The van der Waals surface area contributed by atoms with Gasteiger partial charge in [0.25, 0.3) is 0 Å². The van der Waals surface area contributed by atoms with Crippen LogP contribution < -0.4 is 5.73 Å². The minimum absolute atomic E-state index is 0.407. The summed E-state index contributed by atoms with van der Waals surface area (Å²) >= 11 is 0.